The molecular weight excluding hydrogens is 250 g/mol. The Morgan fingerprint density at radius 2 is 1.90 bits per heavy atom. The molecule has 1 aromatic heterocycles. The standard InChI is InChI=1S/C16H27N3O/c1-5-13(6-2)12-18-14-9-10-17-15(11-14)16(20)19(7-3)8-4/h9-11,13H,5-8,12H2,1-4H3,(H,17,18). The summed E-state index contributed by atoms with van der Waals surface area (Å²) in [6.07, 6.45) is 4.03. The Kier molecular flexibility index (Phi) is 7.05. The Morgan fingerprint density at radius 3 is 2.45 bits per heavy atom. The molecule has 0 saturated carbocycles. The highest BCUT2D eigenvalue weighted by Gasteiger charge is 2.14. The lowest BCUT2D eigenvalue weighted by atomic mass is 10.0. The van der Waals surface area contributed by atoms with E-state index < -0.39 is 0 Å². The van der Waals surface area contributed by atoms with Crippen molar-refractivity contribution in [2.75, 3.05) is 25.0 Å². The molecule has 0 bridgehead atoms. The average molecular weight is 277 g/mol. The summed E-state index contributed by atoms with van der Waals surface area (Å²) in [5.41, 5.74) is 1.49. The predicted molar refractivity (Wildman–Crippen MR) is 84.1 cm³/mol. The molecule has 0 atom stereocenters. The van der Waals surface area contributed by atoms with Gasteiger partial charge >= 0.3 is 0 Å². The molecule has 0 aliphatic rings. The highest BCUT2D eigenvalue weighted by atomic mass is 16.2. The van der Waals surface area contributed by atoms with E-state index in [4.69, 9.17) is 0 Å². The van der Waals surface area contributed by atoms with E-state index in [1.807, 2.05) is 26.0 Å². The van der Waals surface area contributed by atoms with E-state index >= 15 is 0 Å². The highest BCUT2D eigenvalue weighted by molar-refractivity contribution is 5.93. The zero-order chi connectivity index (χ0) is 15.0. The SMILES string of the molecule is CCC(CC)CNc1ccnc(C(=O)N(CC)CC)c1. The fourth-order valence-corrected chi connectivity index (χ4v) is 2.17. The maximum absolute atomic E-state index is 12.2. The van der Waals surface area contributed by atoms with Crippen LogP contribution in [0.1, 0.15) is 51.0 Å². The minimum absolute atomic E-state index is 0.00110. The van der Waals surface area contributed by atoms with Gasteiger partial charge in [-0.3, -0.25) is 9.78 Å². The molecule has 0 aliphatic heterocycles. The fraction of sp³-hybridized carbons (Fsp3) is 0.625. The van der Waals surface area contributed by atoms with E-state index in [-0.39, 0.29) is 5.91 Å². The molecule has 0 aromatic carbocycles. The number of anilines is 1. The van der Waals surface area contributed by atoms with Gasteiger partial charge in [0.05, 0.1) is 0 Å². The first-order valence-corrected chi connectivity index (χ1v) is 7.65. The number of carbonyl (C=O) groups is 1. The zero-order valence-electron chi connectivity index (χ0n) is 13.1. The number of carbonyl (C=O) groups excluding carboxylic acids is 1. The van der Waals surface area contributed by atoms with E-state index in [0.29, 0.717) is 24.7 Å². The molecule has 0 radical (unpaired) electrons. The first kappa shape index (κ1) is 16.5. The maximum Gasteiger partial charge on any atom is 0.272 e. The van der Waals surface area contributed by atoms with Crippen molar-refractivity contribution in [3.05, 3.63) is 24.0 Å². The topological polar surface area (TPSA) is 45.2 Å². The van der Waals surface area contributed by atoms with Crippen LogP contribution >= 0.6 is 0 Å². The lowest BCUT2D eigenvalue weighted by Crippen LogP contribution is -2.31. The van der Waals surface area contributed by atoms with Crippen LogP contribution in [0.2, 0.25) is 0 Å². The third kappa shape index (κ3) is 4.51. The molecule has 0 fully saturated rings. The van der Waals surface area contributed by atoms with Crippen molar-refractivity contribution in [3.63, 3.8) is 0 Å². The Labute approximate surface area is 122 Å². The number of nitrogens with one attached hydrogen (secondary N) is 1. The summed E-state index contributed by atoms with van der Waals surface area (Å²) in [6.45, 7) is 10.7. The number of rotatable bonds is 8. The van der Waals surface area contributed by atoms with Crippen LogP contribution in [0, 0.1) is 5.92 Å². The molecule has 112 valence electrons. The van der Waals surface area contributed by atoms with Gasteiger partial charge in [0.2, 0.25) is 0 Å². The van der Waals surface area contributed by atoms with Crippen LogP contribution in [-0.4, -0.2) is 35.4 Å². The fourth-order valence-electron chi connectivity index (χ4n) is 2.17. The van der Waals surface area contributed by atoms with Crippen LogP contribution in [0.3, 0.4) is 0 Å². The highest BCUT2D eigenvalue weighted by Crippen LogP contribution is 2.13. The molecule has 20 heavy (non-hydrogen) atoms. The molecule has 1 N–H and O–H groups in total. The van der Waals surface area contributed by atoms with Crippen LogP contribution in [0.4, 0.5) is 5.69 Å². The van der Waals surface area contributed by atoms with Crippen LogP contribution in [0.15, 0.2) is 18.3 Å². The monoisotopic (exact) mass is 277 g/mol. The Hall–Kier alpha value is -1.58. The van der Waals surface area contributed by atoms with Gasteiger partial charge in [0.25, 0.3) is 5.91 Å². The second-order valence-electron chi connectivity index (χ2n) is 4.97. The third-order valence-electron chi connectivity index (χ3n) is 3.78. The van der Waals surface area contributed by atoms with Gasteiger partial charge in [0.1, 0.15) is 5.69 Å². The number of aromatic nitrogens is 1. The maximum atomic E-state index is 12.2. The molecule has 1 heterocycles. The first-order valence-electron chi connectivity index (χ1n) is 7.65. The van der Waals surface area contributed by atoms with Crippen LogP contribution < -0.4 is 5.32 Å². The molecule has 0 spiro atoms. The van der Waals surface area contributed by atoms with E-state index in [1.54, 1.807) is 11.1 Å². The van der Waals surface area contributed by atoms with Gasteiger partial charge in [-0.15, -0.1) is 0 Å². The lowest BCUT2D eigenvalue weighted by molar-refractivity contribution is 0.0767. The number of pyridine rings is 1. The quantitative estimate of drug-likeness (QED) is 0.792. The molecule has 0 saturated heterocycles. The summed E-state index contributed by atoms with van der Waals surface area (Å²) >= 11 is 0. The van der Waals surface area contributed by atoms with Gasteiger partial charge in [-0.1, -0.05) is 26.7 Å². The summed E-state index contributed by atoms with van der Waals surface area (Å²) in [5, 5.41) is 3.41. The van der Waals surface area contributed by atoms with Crippen LogP contribution in [-0.2, 0) is 0 Å². The van der Waals surface area contributed by atoms with E-state index in [9.17, 15) is 4.79 Å². The number of hydrogen-bond donors (Lipinski definition) is 1. The first-order chi connectivity index (χ1) is 9.65. The van der Waals surface area contributed by atoms with Crippen molar-refractivity contribution in [1.29, 1.82) is 0 Å². The largest absolute Gasteiger partial charge is 0.385 e. The normalized spacial score (nSPS) is 10.7. The van der Waals surface area contributed by atoms with Gasteiger partial charge in [-0.2, -0.15) is 0 Å². The van der Waals surface area contributed by atoms with Crippen molar-refractivity contribution in [3.8, 4) is 0 Å². The molecule has 1 rings (SSSR count). The number of hydrogen-bond acceptors (Lipinski definition) is 3. The Morgan fingerprint density at radius 1 is 1.25 bits per heavy atom. The average Bonchev–Trinajstić information content (AvgIpc) is 2.49. The van der Waals surface area contributed by atoms with E-state index in [1.165, 1.54) is 12.8 Å². The Balaban J connectivity index is 2.72. The molecule has 1 aromatic rings. The van der Waals surface area contributed by atoms with Gasteiger partial charge < -0.3 is 10.2 Å². The number of amides is 1. The Bertz CT molecular complexity index is 412. The molecule has 0 aliphatic carbocycles. The summed E-state index contributed by atoms with van der Waals surface area (Å²) in [6, 6.07) is 3.77. The smallest absolute Gasteiger partial charge is 0.272 e. The minimum atomic E-state index is 0.00110. The molecule has 1 amide bonds. The third-order valence-corrected chi connectivity index (χ3v) is 3.78. The summed E-state index contributed by atoms with van der Waals surface area (Å²) in [7, 11) is 0. The summed E-state index contributed by atoms with van der Waals surface area (Å²) in [4.78, 5) is 18.2. The van der Waals surface area contributed by atoms with Crippen molar-refractivity contribution in [2.45, 2.75) is 40.5 Å². The minimum Gasteiger partial charge on any atom is -0.385 e. The zero-order valence-corrected chi connectivity index (χ0v) is 13.1. The lowest BCUT2D eigenvalue weighted by Gasteiger charge is -2.19. The molecule has 0 unspecified atom stereocenters. The van der Waals surface area contributed by atoms with Crippen molar-refractivity contribution >= 4 is 11.6 Å². The van der Waals surface area contributed by atoms with Crippen LogP contribution in [0.5, 0.6) is 0 Å². The second kappa shape index (κ2) is 8.56. The molecular formula is C16H27N3O. The molecule has 4 nitrogen and oxygen atoms in total. The molecule has 4 heteroatoms. The van der Waals surface area contributed by atoms with Gasteiger partial charge in [0.15, 0.2) is 0 Å². The van der Waals surface area contributed by atoms with E-state index in [2.05, 4.69) is 24.1 Å². The van der Waals surface area contributed by atoms with Crippen molar-refractivity contribution in [2.24, 2.45) is 5.92 Å². The van der Waals surface area contributed by atoms with Crippen molar-refractivity contribution in [1.82, 2.24) is 9.88 Å². The second-order valence-corrected chi connectivity index (χ2v) is 4.97. The predicted octanol–water partition coefficient (Wildman–Crippen LogP) is 3.41. The summed E-state index contributed by atoms with van der Waals surface area (Å²) < 4.78 is 0. The van der Waals surface area contributed by atoms with Crippen molar-refractivity contribution < 1.29 is 4.79 Å². The van der Waals surface area contributed by atoms with E-state index in [0.717, 1.165) is 12.2 Å². The summed E-state index contributed by atoms with van der Waals surface area (Å²) in [5.74, 6) is 0.672. The van der Waals surface area contributed by atoms with Gasteiger partial charge in [0, 0.05) is 31.5 Å². The number of nitrogens with zero attached hydrogens (tertiary/aromatic N) is 2. The van der Waals surface area contributed by atoms with Gasteiger partial charge in [-0.05, 0) is 31.9 Å². The van der Waals surface area contributed by atoms with Gasteiger partial charge in [-0.25, -0.2) is 0 Å². The van der Waals surface area contributed by atoms with Crippen LogP contribution in [0.25, 0.3) is 0 Å².